The predicted molar refractivity (Wildman–Crippen MR) is 135 cm³/mol. The van der Waals surface area contributed by atoms with E-state index in [1.165, 1.54) is 35.2 Å². The van der Waals surface area contributed by atoms with Crippen LogP contribution in [-0.2, 0) is 17.8 Å². The number of benzene rings is 1. The fraction of sp³-hybridized carbons (Fsp3) is 0.577. The third kappa shape index (κ3) is 5.32. The molecule has 5 rings (SSSR count). The summed E-state index contributed by atoms with van der Waals surface area (Å²) in [6.07, 6.45) is 2.69. The maximum Gasteiger partial charge on any atom is 0.150 e. The van der Waals surface area contributed by atoms with Crippen LogP contribution in [0.15, 0.2) is 30.3 Å². The first-order valence-electron chi connectivity index (χ1n) is 12.5. The van der Waals surface area contributed by atoms with E-state index in [1.54, 1.807) is 0 Å². The van der Waals surface area contributed by atoms with Crippen molar-refractivity contribution in [1.29, 1.82) is 0 Å². The van der Waals surface area contributed by atoms with Crippen LogP contribution in [0.5, 0.6) is 0 Å². The van der Waals surface area contributed by atoms with Crippen molar-refractivity contribution in [2.75, 3.05) is 56.3 Å². The minimum Gasteiger partial charge on any atom is -0.378 e. The number of hydrazine groups is 1. The Balaban J connectivity index is 1.40. The molecule has 1 saturated carbocycles. The van der Waals surface area contributed by atoms with E-state index in [-0.39, 0.29) is 0 Å². The van der Waals surface area contributed by atoms with E-state index < -0.39 is 0 Å². The molecule has 1 aromatic heterocycles. The summed E-state index contributed by atoms with van der Waals surface area (Å²) in [5.74, 6) is 1.07. The zero-order chi connectivity index (χ0) is 22.8. The summed E-state index contributed by atoms with van der Waals surface area (Å²) in [6, 6.07) is 12.3. The Morgan fingerprint density at radius 3 is 2.79 bits per heavy atom. The number of nitrogens with one attached hydrogen (secondary N) is 2. The van der Waals surface area contributed by atoms with Crippen molar-refractivity contribution < 1.29 is 4.74 Å². The third-order valence-electron chi connectivity index (χ3n) is 6.78. The van der Waals surface area contributed by atoms with Crippen LogP contribution in [0.25, 0.3) is 11.3 Å². The molecule has 1 saturated heterocycles. The van der Waals surface area contributed by atoms with Gasteiger partial charge in [-0.25, -0.2) is 10.4 Å². The average Bonchev–Trinajstić information content (AvgIpc) is 3.54. The summed E-state index contributed by atoms with van der Waals surface area (Å²) >= 11 is 0. The van der Waals surface area contributed by atoms with E-state index in [4.69, 9.17) is 9.72 Å². The number of fused-ring (bicyclic) bond motifs is 1. The zero-order valence-corrected chi connectivity index (χ0v) is 20.3. The second-order valence-corrected chi connectivity index (χ2v) is 9.89. The standard InChI is InChI=1S/C26H38N6O/c1-19(2)32-26-23(17-28-32)25(31-11-13-33-14-12-31)16-24(29-26)21-6-4-5-20(15-21)18-30(3)10-9-27-22-7-8-22/h4-6,15-16,19,22,27-28H,7-14,17-18H2,1-3H3. The van der Waals surface area contributed by atoms with Crippen LogP contribution in [0.4, 0.5) is 11.5 Å². The molecule has 0 atom stereocenters. The molecule has 2 fully saturated rings. The van der Waals surface area contributed by atoms with Gasteiger partial charge in [0.25, 0.3) is 0 Å². The summed E-state index contributed by atoms with van der Waals surface area (Å²) in [7, 11) is 2.21. The van der Waals surface area contributed by atoms with Gasteiger partial charge < -0.3 is 19.9 Å². The molecule has 3 aliphatic rings. The number of aromatic nitrogens is 1. The highest BCUT2D eigenvalue weighted by atomic mass is 16.5. The van der Waals surface area contributed by atoms with Crippen molar-refractivity contribution in [1.82, 2.24) is 20.6 Å². The molecule has 2 aliphatic heterocycles. The molecule has 1 aromatic carbocycles. The van der Waals surface area contributed by atoms with Gasteiger partial charge in [-0.2, -0.15) is 0 Å². The first-order valence-corrected chi connectivity index (χ1v) is 12.5. The summed E-state index contributed by atoms with van der Waals surface area (Å²) < 4.78 is 5.62. The van der Waals surface area contributed by atoms with Gasteiger partial charge in [0.1, 0.15) is 5.82 Å². The average molecular weight is 451 g/mol. The summed E-state index contributed by atoms with van der Waals surface area (Å²) in [5.41, 5.74) is 9.70. The van der Waals surface area contributed by atoms with Crippen molar-refractivity contribution in [2.24, 2.45) is 0 Å². The van der Waals surface area contributed by atoms with Crippen molar-refractivity contribution >= 4 is 11.5 Å². The molecule has 0 amide bonds. The molecule has 0 bridgehead atoms. The smallest absolute Gasteiger partial charge is 0.150 e. The second-order valence-electron chi connectivity index (χ2n) is 9.89. The molecule has 7 heteroatoms. The maximum atomic E-state index is 5.62. The van der Waals surface area contributed by atoms with Crippen LogP contribution in [0.2, 0.25) is 0 Å². The van der Waals surface area contributed by atoms with Crippen molar-refractivity contribution in [3.8, 4) is 11.3 Å². The van der Waals surface area contributed by atoms with Gasteiger partial charge in [-0.05, 0) is 51.4 Å². The second kappa shape index (κ2) is 9.97. The van der Waals surface area contributed by atoms with Crippen LogP contribution in [0.3, 0.4) is 0 Å². The zero-order valence-electron chi connectivity index (χ0n) is 20.3. The number of hydrogen-bond donors (Lipinski definition) is 2. The van der Waals surface area contributed by atoms with Crippen molar-refractivity contribution in [2.45, 2.75) is 51.9 Å². The molecule has 3 heterocycles. The third-order valence-corrected chi connectivity index (χ3v) is 6.78. The number of nitrogens with zero attached hydrogens (tertiary/aromatic N) is 4. The Bertz CT molecular complexity index is 954. The van der Waals surface area contributed by atoms with E-state index >= 15 is 0 Å². The van der Waals surface area contributed by atoms with Gasteiger partial charge in [-0.1, -0.05) is 18.2 Å². The van der Waals surface area contributed by atoms with E-state index in [2.05, 4.69) is 76.8 Å². The highest BCUT2D eigenvalue weighted by Gasteiger charge is 2.29. The topological polar surface area (TPSA) is 55.9 Å². The summed E-state index contributed by atoms with van der Waals surface area (Å²) in [5, 5.41) is 5.82. The van der Waals surface area contributed by atoms with Gasteiger partial charge >= 0.3 is 0 Å². The maximum absolute atomic E-state index is 5.62. The monoisotopic (exact) mass is 450 g/mol. The van der Waals surface area contributed by atoms with Crippen molar-refractivity contribution in [3.63, 3.8) is 0 Å². The van der Waals surface area contributed by atoms with Gasteiger partial charge in [-0.3, -0.25) is 5.01 Å². The molecule has 178 valence electrons. The molecule has 0 unspecified atom stereocenters. The van der Waals surface area contributed by atoms with Gasteiger partial charge in [0, 0.05) is 68.2 Å². The van der Waals surface area contributed by atoms with Crippen LogP contribution in [0, 0.1) is 0 Å². The number of rotatable bonds is 9. The quantitative estimate of drug-likeness (QED) is 0.609. The Morgan fingerprint density at radius 2 is 2.03 bits per heavy atom. The molecule has 33 heavy (non-hydrogen) atoms. The Morgan fingerprint density at radius 1 is 1.21 bits per heavy atom. The van der Waals surface area contributed by atoms with Gasteiger partial charge in [0.15, 0.2) is 0 Å². The number of morpholine rings is 1. The Kier molecular flexibility index (Phi) is 6.83. The largest absolute Gasteiger partial charge is 0.378 e. The van der Waals surface area contributed by atoms with E-state index in [9.17, 15) is 0 Å². The van der Waals surface area contributed by atoms with Gasteiger partial charge in [-0.15, -0.1) is 0 Å². The molecule has 2 aromatic rings. The van der Waals surface area contributed by atoms with Gasteiger partial charge in [0.05, 0.1) is 18.9 Å². The number of hydrogen-bond acceptors (Lipinski definition) is 7. The highest BCUT2D eigenvalue weighted by molar-refractivity contribution is 5.75. The number of likely N-dealkylation sites (N-methyl/N-ethyl adjacent to an activating group) is 1. The lowest BCUT2D eigenvalue weighted by Crippen LogP contribution is -2.38. The fourth-order valence-electron chi connectivity index (χ4n) is 4.78. The number of pyridine rings is 1. The minimum absolute atomic E-state index is 0.343. The van der Waals surface area contributed by atoms with Crippen molar-refractivity contribution in [3.05, 3.63) is 41.5 Å². The van der Waals surface area contributed by atoms with E-state index in [0.717, 1.165) is 70.0 Å². The Hall–Kier alpha value is -2.19. The summed E-state index contributed by atoms with van der Waals surface area (Å²) in [4.78, 5) is 10.0. The van der Waals surface area contributed by atoms with Crippen LogP contribution in [0.1, 0.15) is 37.8 Å². The fourth-order valence-corrected chi connectivity index (χ4v) is 4.78. The lowest BCUT2D eigenvalue weighted by Gasteiger charge is -2.31. The first kappa shape index (κ1) is 22.6. The number of anilines is 2. The molecule has 0 radical (unpaired) electrons. The van der Waals surface area contributed by atoms with Crippen LogP contribution >= 0.6 is 0 Å². The lowest BCUT2D eigenvalue weighted by atomic mass is 10.0. The predicted octanol–water partition coefficient (Wildman–Crippen LogP) is 3.00. The molecular formula is C26H38N6O. The minimum atomic E-state index is 0.343. The van der Waals surface area contributed by atoms with Gasteiger partial charge in [0.2, 0.25) is 0 Å². The van der Waals surface area contributed by atoms with E-state index in [0.29, 0.717) is 6.04 Å². The number of ether oxygens (including phenoxy) is 1. The van der Waals surface area contributed by atoms with Crippen LogP contribution in [-0.4, -0.2) is 68.4 Å². The first-order chi connectivity index (χ1) is 16.1. The SMILES string of the molecule is CC(C)N1NCc2c(N3CCOCC3)cc(-c3cccc(CN(C)CCNC4CC4)c3)nc21. The normalized spacial score (nSPS) is 18.5. The lowest BCUT2D eigenvalue weighted by molar-refractivity contribution is 0.122. The molecule has 0 spiro atoms. The highest BCUT2D eigenvalue weighted by Crippen LogP contribution is 2.37. The van der Waals surface area contributed by atoms with E-state index in [1.807, 2.05) is 0 Å². The molecule has 2 N–H and O–H groups in total. The molecular weight excluding hydrogens is 412 g/mol. The summed E-state index contributed by atoms with van der Waals surface area (Å²) in [6.45, 7) is 11.7. The Labute approximate surface area is 198 Å². The molecule has 1 aliphatic carbocycles. The molecule has 7 nitrogen and oxygen atoms in total. The van der Waals surface area contributed by atoms with Crippen LogP contribution < -0.4 is 20.7 Å².